The summed E-state index contributed by atoms with van der Waals surface area (Å²) < 4.78 is 17.4. The van der Waals surface area contributed by atoms with Crippen molar-refractivity contribution < 1.29 is 18.7 Å². The first-order valence-corrected chi connectivity index (χ1v) is 9.45. The Balaban J connectivity index is 0.000000878. The Labute approximate surface area is 166 Å². The lowest BCUT2D eigenvalue weighted by Crippen LogP contribution is -2.10. The molecule has 0 aliphatic heterocycles. The number of carbonyl (C=O) groups is 1. The quantitative estimate of drug-likeness (QED) is 0.562. The zero-order valence-corrected chi connectivity index (χ0v) is 17.2. The van der Waals surface area contributed by atoms with Gasteiger partial charge in [0, 0.05) is 5.39 Å². The second kappa shape index (κ2) is 10.5. The molecule has 5 heteroatoms. The first-order chi connectivity index (χ1) is 13.5. The normalized spacial score (nSPS) is 11.6. The topological polar surface area (TPSA) is 60.7 Å². The van der Waals surface area contributed by atoms with Gasteiger partial charge in [0.1, 0.15) is 35.7 Å². The van der Waals surface area contributed by atoms with E-state index in [1.807, 2.05) is 51.2 Å². The van der Waals surface area contributed by atoms with E-state index in [0.717, 1.165) is 40.1 Å². The summed E-state index contributed by atoms with van der Waals surface area (Å²) >= 11 is 0. The lowest BCUT2D eigenvalue weighted by molar-refractivity contribution is -0.106. The van der Waals surface area contributed by atoms with Gasteiger partial charge in [-0.2, -0.15) is 0 Å². The number of benzene rings is 2. The lowest BCUT2D eigenvalue weighted by atomic mass is 10.1. The molecule has 28 heavy (non-hydrogen) atoms. The van der Waals surface area contributed by atoms with Gasteiger partial charge < -0.3 is 24.0 Å². The van der Waals surface area contributed by atoms with Crippen molar-refractivity contribution in [1.82, 2.24) is 5.32 Å². The van der Waals surface area contributed by atoms with Crippen molar-refractivity contribution in [2.75, 3.05) is 7.05 Å². The molecular formula is C23H29NO4. The molecular weight excluding hydrogens is 354 g/mol. The smallest absolute Gasteiger partial charge is 0.134 e. The molecule has 1 atom stereocenters. The Hall–Kier alpha value is -2.79. The number of aldehydes is 1. The van der Waals surface area contributed by atoms with E-state index in [2.05, 4.69) is 30.4 Å². The molecule has 1 heterocycles. The average Bonchev–Trinajstić information content (AvgIpc) is 3.10. The summed E-state index contributed by atoms with van der Waals surface area (Å²) in [5, 5.41) is 4.30. The third-order valence-electron chi connectivity index (χ3n) is 4.06. The first-order valence-electron chi connectivity index (χ1n) is 9.45. The second-order valence-electron chi connectivity index (χ2n) is 6.69. The van der Waals surface area contributed by atoms with Gasteiger partial charge in [-0.15, -0.1) is 0 Å². The van der Waals surface area contributed by atoms with Crippen LogP contribution in [0.1, 0.15) is 45.1 Å². The van der Waals surface area contributed by atoms with Crippen LogP contribution in [0.25, 0.3) is 11.0 Å². The molecule has 1 aromatic heterocycles. The van der Waals surface area contributed by atoms with Crippen molar-refractivity contribution in [3.05, 3.63) is 59.9 Å². The molecule has 0 fully saturated rings. The van der Waals surface area contributed by atoms with Crippen LogP contribution in [-0.2, 0) is 11.4 Å². The number of hydrogen-bond acceptors (Lipinski definition) is 5. The van der Waals surface area contributed by atoms with Gasteiger partial charge in [0.25, 0.3) is 0 Å². The van der Waals surface area contributed by atoms with Crippen LogP contribution in [0.3, 0.4) is 0 Å². The van der Waals surface area contributed by atoms with E-state index in [1.165, 1.54) is 6.92 Å². The predicted octanol–water partition coefficient (Wildman–Crippen LogP) is 5.28. The van der Waals surface area contributed by atoms with Gasteiger partial charge in [0.15, 0.2) is 0 Å². The van der Waals surface area contributed by atoms with Crippen molar-refractivity contribution in [2.45, 2.75) is 46.4 Å². The van der Waals surface area contributed by atoms with Crippen molar-refractivity contribution in [1.29, 1.82) is 0 Å². The van der Waals surface area contributed by atoms with E-state index in [9.17, 15) is 0 Å². The van der Waals surface area contributed by atoms with Gasteiger partial charge in [-0.1, -0.05) is 12.1 Å². The fraction of sp³-hybridized carbons (Fsp3) is 0.348. The van der Waals surface area contributed by atoms with E-state index < -0.39 is 0 Å². The molecule has 2 aromatic carbocycles. The van der Waals surface area contributed by atoms with E-state index >= 15 is 0 Å². The Morgan fingerprint density at radius 2 is 1.68 bits per heavy atom. The monoisotopic (exact) mass is 383 g/mol. The number of ether oxygens (including phenoxy) is 2. The van der Waals surface area contributed by atoms with Crippen molar-refractivity contribution in [2.24, 2.45) is 0 Å². The van der Waals surface area contributed by atoms with Gasteiger partial charge in [0.05, 0.1) is 12.1 Å². The second-order valence-corrected chi connectivity index (χ2v) is 6.69. The molecule has 0 aliphatic rings. The van der Waals surface area contributed by atoms with Gasteiger partial charge in [-0.25, -0.2) is 0 Å². The fourth-order valence-corrected chi connectivity index (χ4v) is 2.59. The molecule has 3 aromatic rings. The number of fused-ring (bicyclic) bond motifs is 1. The highest BCUT2D eigenvalue weighted by atomic mass is 16.5. The minimum absolute atomic E-state index is 0.169. The van der Waals surface area contributed by atoms with Crippen LogP contribution in [0.5, 0.6) is 11.5 Å². The Morgan fingerprint density at radius 3 is 2.29 bits per heavy atom. The maximum atomic E-state index is 8.81. The molecule has 1 N–H and O–H groups in total. The first kappa shape index (κ1) is 21.5. The summed E-state index contributed by atoms with van der Waals surface area (Å²) in [5.41, 5.74) is 1.96. The van der Waals surface area contributed by atoms with Crippen LogP contribution in [0.2, 0.25) is 0 Å². The zero-order valence-electron chi connectivity index (χ0n) is 17.2. The number of furan rings is 1. The predicted molar refractivity (Wildman–Crippen MR) is 112 cm³/mol. The van der Waals surface area contributed by atoms with Crippen LogP contribution < -0.4 is 14.8 Å². The molecule has 0 saturated carbocycles. The number of carbonyl (C=O) groups excluding carboxylic acids is 1. The molecule has 0 aliphatic carbocycles. The standard InChI is InChI=1S/C21H25NO3.C2H4O/c1-14(2)24-19-9-7-18(8-10-19)23-13-16-5-6-17-12-20(15(3)22-4)25-21(17)11-16;1-2-3/h5-12,14-15,22H,13H2,1-4H3;2H,1H3. The molecule has 5 nitrogen and oxygen atoms in total. The minimum Gasteiger partial charge on any atom is -0.491 e. The minimum atomic E-state index is 0.169. The van der Waals surface area contributed by atoms with Crippen LogP contribution >= 0.6 is 0 Å². The highest BCUT2D eigenvalue weighted by Gasteiger charge is 2.10. The largest absolute Gasteiger partial charge is 0.491 e. The summed E-state index contributed by atoms with van der Waals surface area (Å²) in [4.78, 5) is 8.81. The maximum absolute atomic E-state index is 8.81. The van der Waals surface area contributed by atoms with Gasteiger partial charge in [0.2, 0.25) is 0 Å². The van der Waals surface area contributed by atoms with Crippen LogP contribution in [0.4, 0.5) is 0 Å². The van der Waals surface area contributed by atoms with E-state index in [4.69, 9.17) is 18.7 Å². The number of rotatable bonds is 7. The summed E-state index contributed by atoms with van der Waals surface area (Å²) in [7, 11) is 1.93. The summed E-state index contributed by atoms with van der Waals surface area (Å²) in [6.07, 6.45) is 0.919. The summed E-state index contributed by atoms with van der Waals surface area (Å²) in [6.45, 7) is 8.04. The number of hydrogen-bond donors (Lipinski definition) is 1. The SMILES string of the molecule is CC=O.CNC(C)c1cc2ccc(COc3ccc(OC(C)C)cc3)cc2o1. The molecule has 0 radical (unpaired) electrons. The van der Waals surface area contributed by atoms with Crippen LogP contribution in [0, 0.1) is 0 Å². The van der Waals surface area contributed by atoms with Crippen LogP contribution in [0.15, 0.2) is 52.9 Å². The van der Waals surface area contributed by atoms with Gasteiger partial charge >= 0.3 is 0 Å². The van der Waals surface area contributed by atoms with Crippen molar-refractivity contribution >= 4 is 17.3 Å². The molecule has 1 unspecified atom stereocenters. The molecule has 0 amide bonds. The lowest BCUT2D eigenvalue weighted by Gasteiger charge is -2.11. The summed E-state index contributed by atoms with van der Waals surface area (Å²) in [6, 6.07) is 16.2. The zero-order chi connectivity index (χ0) is 20.5. The highest BCUT2D eigenvalue weighted by molar-refractivity contribution is 5.78. The summed E-state index contributed by atoms with van der Waals surface area (Å²) in [5.74, 6) is 2.61. The third kappa shape index (κ3) is 6.13. The fourth-order valence-electron chi connectivity index (χ4n) is 2.59. The Kier molecular flexibility index (Phi) is 8.08. The molecule has 0 spiro atoms. The Morgan fingerprint density at radius 1 is 1.04 bits per heavy atom. The van der Waals surface area contributed by atoms with E-state index in [1.54, 1.807) is 0 Å². The molecule has 0 saturated heterocycles. The van der Waals surface area contributed by atoms with E-state index in [0.29, 0.717) is 6.61 Å². The van der Waals surface area contributed by atoms with Gasteiger partial charge in [-0.05, 0) is 76.7 Å². The highest BCUT2D eigenvalue weighted by Crippen LogP contribution is 2.25. The van der Waals surface area contributed by atoms with Crippen molar-refractivity contribution in [3.8, 4) is 11.5 Å². The van der Waals surface area contributed by atoms with Crippen molar-refractivity contribution in [3.63, 3.8) is 0 Å². The average molecular weight is 383 g/mol. The van der Waals surface area contributed by atoms with E-state index in [-0.39, 0.29) is 12.1 Å². The maximum Gasteiger partial charge on any atom is 0.134 e. The molecule has 150 valence electrons. The van der Waals surface area contributed by atoms with Gasteiger partial charge in [-0.3, -0.25) is 0 Å². The molecule has 0 bridgehead atoms. The number of nitrogens with one attached hydrogen (secondary N) is 1. The molecule has 3 rings (SSSR count). The Bertz CT molecular complexity index is 868. The van der Waals surface area contributed by atoms with Crippen LogP contribution in [-0.4, -0.2) is 19.4 Å². The third-order valence-corrected chi connectivity index (χ3v) is 4.06.